The molecule has 0 unspecified atom stereocenters. The third-order valence-electron chi connectivity index (χ3n) is 2.55. The summed E-state index contributed by atoms with van der Waals surface area (Å²) in [5.74, 6) is -0.356. The number of carboxylic acid groups (broad SMARTS) is 1. The molecular formula is C12H19NO3. The molecule has 4 heteroatoms. The first-order chi connectivity index (χ1) is 7.74. The van der Waals surface area contributed by atoms with E-state index in [0.29, 0.717) is 5.76 Å². The van der Waals surface area contributed by atoms with Gasteiger partial charge >= 0.3 is 5.97 Å². The molecule has 90 valence electrons. The highest BCUT2D eigenvalue weighted by molar-refractivity contribution is 5.85. The average molecular weight is 225 g/mol. The van der Waals surface area contributed by atoms with E-state index in [1.807, 2.05) is 0 Å². The lowest BCUT2D eigenvalue weighted by Gasteiger charge is -1.97. The van der Waals surface area contributed by atoms with Gasteiger partial charge < -0.3 is 9.63 Å². The van der Waals surface area contributed by atoms with Crippen molar-refractivity contribution in [2.24, 2.45) is 0 Å². The van der Waals surface area contributed by atoms with Gasteiger partial charge in [-0.3, -0.25) is 0 Å². The van der Waals surface area contributed by atoms with Crippen LogP contribution in [0.3, 0.4) is 0 Å². The fraction of sp³-hybridized carbons (Fsp3) is 0.667. The van der Waals surface area contributed by atoms with Crippen LogP contribution >= 0.6 is 0 Å². The summed E-state index contributed by atoms with van der Waals surface area (Å²) in [7, 11) is 0. The number of aromatic nitrogens is 1. The first-order valence-corrected chi connectivity index (χ1v) is 5.93. The molecule has 0 aliphatic heterocycles. The second-order valence-corrected chi connectivity index (χ2v) is 4.00. The molecule has 0 aliphatic carbocycles. The van der Waals surface area contributed by atoms with E-state index in [0.717, 1.165) is 12.8 Å². The van der Waals surface area contributed by atoms with E-state index >= 15 is 0 Å². The molecule has 0 saturated carbocycles. The summed E-state index contributed by atoms with van der Waals surface area (Å²) in [6, 6.07) is 1.51. The van der Waals surface area contributed by atoms with Crippen molar-refractivity contribution in [3.63, 3.8) is 0 Å². The van der Waals surface area contributed by atoms with E-state index in [1.165, 1.54) is 38.2 Å². The molecule has 1 N–H and O–H groups in total. The molecule has 0 radical (unpaired) electrons. The Morgan fingerprint density at radius 1 is 1.31 bits per heavy atom. The van der Waals surface area contributed by atoms with E-state index in [4.69, 9.17) is 9.63 Å². The first kappa shape index (κ1) is 12.7. The average Bonchev–Trinajstić information content (AvgIpc) is 2.72. The van der Waals surface area contributed by atoms with Crippen LogP contribution in [0.15, 0.2) is 10.6 Å². The molecule has 0 aromatic carbocycles. The summed E-state index contributed by atoms with van der Waals surface area (Å²) in [6.45, 7) is 2.20. The molecule has 0 spiro atoms. The van der Waals surface area contributed by atoms with Gasteiger partial charge in [0.2, 0.25) is 0 Å². The third-order valence-corrected chi connectivity index (χ3v) is 2.55. The monoisotopic (exact) mass is 225 g/mol. The second-order valence-electron chi connectivity index (χ2n) is 4.00. The number of rotatable bonds is 8. The minimum atomic E-state index is -1.03. The summed E-state index contributed by atoms with van der Waals surface area (Å²) in [5, 5.41) is 12.1. The van der Waals surface area contributed by atoms with Crippen molar-refractivity contribution < 1.29 is 14.4 Å². The van der Waals surface area contributed by atoms with Gasteiger partial charge in [-0.15, -0.1) is 0 Å². The number of hydrogen-bond donors (Lipinski definition) is 1. The third kappa shape index (κ3) is 4.47. The van der Waals surface area contributed by atoms with Gasteiger partial charge in [0.1, 0.15) is 5.76 Å². The number of aryl methyl sites for hydroxylation is 1. The Balaban J connectivity index is 2.14. The molecule has 0 fully saturated rings. The predicted octanol–water partition coefficient (Wildman–Crippen LogP) is 3.28. The molecule has 0 bridgehead atoms. The lowest BCUT2D eigenvalue weighted by molar-refractivity contribution is 0.0685. The lowest BCUT2D eigenvalue weighted by atomic mass is 10.1. The Hall–Kier alpha value is -1.32. The van der Waals surface area contributed by atoms with Crippen LogP contribution in [-0.4, -0.2) is 16.2 Å². The van der Waals surface area contributed by atoms with Gasteiger partial charge in [0.15, 0.2) is 5.69 Å². The van der Waals surface area contributed by atoms with Crippen LogP contribution in [0.2, 0.25) is 0 Å². The Kier molecular flexibility index (Phi) is 5.61. The van der Waals surface area contributed by atoms with E-state index < -0.39 is 5.97 Å². The van der Waals surface area contributed by atoms with E-state index in [1.54, 1.807) is 0 Å². The van der Waals surface area contributed by atoms with Crippen molar-refractivity contribution in [1.82, 2.24) is 5.16 Å². The molecule has 1 rings (SSSR count). The Morgan fingerprint density at radius 3 is 2.62 bits per heavy atom. The van der Waals surface area contributed by atoms with E-state index in [9.17, 15) is 4.79 Å². The van der Waals surface area contributed by atoms with Crippen LogP contribution in [0.25, 0.3) is 0 Å². The van der Waals surface area contributed by atoms with Crippen molar-refractivity contribution in [1.29, 1.82) is 0 Å². The summed E-state index contributed by atoms with van der Waals surface area (Å²) in [4.78, 5) is 10.5. The fourth-order valence-corrected chi connectivity index (χ4v) is 1.61. The minimum Gasteiger partial charge on any atom is -0.476 e. The van der Waals surface area contributed by atoms with Crippen LogP contribution in [0, 0.1) is 0 Å². The van der Waals surface area contributed by atoms with Gasteiger partial charge in [0.05, 0.1) is 0 Å². The molecule has 0 saturated heterocycles. The highest BCUT2D eigenvalue weighted by atomic mass is 16.5. The molecular weight excluding hydrogens is 206 g/mol. The maximum absolute atomic E-state index is 10.5. The fourth-order valence-electron chi connectivity index (χ4n) is 1.61. The number of aromatic carboxylic acids is 1. The van der Waals surface area contributed by atoms with Gasteiger partial charge in [0.25, 0.3) is 0 Å². The zero-order chi connectivity index (χ0) is 11.8. The Labute approximate surface area is 95.6 Å². The normalized spacial score (nSPS) is 10.6. The molecule has 4 nitrogen and oxygen atoms in total. The van der Waals surface area contributed by atoms with Gasteiger partial charge in [0, 0.05) is 12.5 Å². The van der Waals surface area contributed by atoms with Crippen molar-refractivity contribution >= 4 is 5.97 Å². The maximum Gasteiger partial charge on any atom is 0.358 e. The standard InChI is InChI=1S/C12H19NO3/c1-2-3-4-5-6-7-8-10-9-11(12(14)15)13-16-10/h9H,2-8H2,1H3,(H,14,15). The molecule has 0 atom stereocenters. The van der Waals surface area contributed by atoms with Gasteiger partial charge in [-0.2, -0.15) is 0 Å². The maximum atomic E-state index is 10.5. The van der Waals surface area contributed by atoms with Crippen LogP contribution in [0.5, 0.6) is 0 Å². The van der Waals surface area contributed by atoms with Crippen molar-refractivity contribution in [3.05, 3.63) is 17.5 Å². The van der Waals surface area contributed by atoms with Gasteiger partial charge in [-0.25, -0.2) is 4.79 Å². The summed E-state index contributed by atoms with van der Waals surface area (Å²) in [5.41, 5.74) is 0.000910. The molecule has 0 aliphatic rings. The highest BCUT2D eigenvalue weighted by Gasteiger charge is 2.09. The number of carbonyl (C=O) groups is 1. The number of hydrogen-bond acceptors (Lipinski definition) is 3. The molecule has 1 aromatic heterocycles. The van der Waals surface area contributed by atoms with Crippen molar-refractivity contribution in [2.45, 2.75) is 51.9 Å². The smallest absolute Gasteiger partial charge is 0.358 e. The highest BCUT2D eigenvalue weighted by Crippen LogP contribution is 2.11. The SMILES string of the molecule is CCCCCCCCc1cc(C(=O)O)no1. The second kappa shape index (κ2) is 7.04. The Bertz CT molecular complexity index is 320. The minimum absolute atomic E-state index is 0.000910. The largest absolute Gasteiger partial charge is 0.476 e. The van der Waals surface area contributed by atoms with Gasteiger partial charge in [-0.1, -0.05) is 44.2 Å². The van der Waals surface area contributed by atoms with E-state index in [2.05, 4.69) is 12.1 Å². The molecule has 1 aromatic rings. The van der Waals surface area contributed by atoms with Crippen LogP contribution in [0.4, 0.5) is 0 Å². The zero-order valence-corrected chi connectivity index (χ0v) is 9.74. The quantitative estimate of drug-likeness (QED) is 0.689. The van der Waals surface area contributed by atoms with Gasteiger partial charge in [-0.05, 0) is 6.42 Å². The first-order valence-electron chi connectivity index (χ1n) is 5.93. The summed E-state index contributed by atoms with van der Waals surface area (Å²) < 4.78 is 4.92. The van der Waals surface area contributed by atoms with Crippen molar-refractivity contribution in [3.8, 4) is 0 Å². The molecule has 0 amide bonds. The molecule has 16 heavy (non-hydrogen) atoms. The van der Waals surface area contributed by atoms with Crippen LogP contribution in [0.1, 0.15) is 61.7 Å². The Morgan fingerprint density at radius 2 is 2.00 bits per heavy atom. The topological polar surface area (TPSA) is 63.3 Å². The number of carboxylic acids is 1. The number of unbranched alkanes of at least 4 members (excludes halogenated alkanes) is 5. The number of nitrogens with zero attached hydrogens (tertiary/aromatic N) is 1. The summed E-state index contributed by atoms with van der Waals surface area (Å²) >= 11 is 0. The van der Waals surface area contributed by atoms with Crippen LogP contribution in [-0.2, 0) is 6.42 Å². The van der Waals surface area contributed by atoms with Crippen molar-refractivity contribution in [2.75, 3.05) is 0 Å². The zero-order valence-electron chi connectivity index (χ0n) is 9.74. The van der Waals surface area contributed by atoms with E-state index in [-0.39, 0.29) is 5.69 Å². The predicted molar refractivity (Wildman–Crippen MR) is 60.5 cm³/mol. The van der Waals surface area contributed by atoms with Crippen LogP contribution < -0.4 is 0 Å². The summed E-state index contributed by atoms with van der Waals surface area (Å²) in [6.07, 6.45) is 8.07. The lowest BCUT2D eigenvalue weighted by Crippen LogP contribution is -1.94. The molecule has 1 heterocycles.